The number of nitrogens with zero attached hydrogens (tertiary/aromatic N) is 1. The highest BCUT2D eigenvalue weighted by Gasteiger charge is 2.13. The maximum atomic E-state index is 11.3. The van der Waals surface area contributed by atoms with Gasteiger partial charge in [-0.2, -0.15) is 0 Å². The minimum atomic E-state index is 0.183. The van der Waals surface area contributed by atoms with Gasteiger partial charge in [0, 0.05) is 18.3 Å². The van der Waals surface area contributed by atoms with Crippen molar-refractivity contribution in [3.8, 4) is 0 Å². The monoisotopic (exact) mass is 191 g/mol. The molecule has 0 saturated carbocycles. The minimum absolute atomic E-state index is 0.183. The van der Waals surface area contributed by atoms with Crippen molar-refractivity contribution < 1.29 is 4.79 Å². The van der Waals surface area contributed by atoms with Crippen molar-refractivity contribution in [2.24, 2.45) is 5.92 Å². The van der Waals surface area contributed by atoms with Gasteiger partial charge < -0.3 is 0 Å². The first-order valence-electron chi connectivity index (χ1n) is 5.13. The number of carbonyl (C=O) groups is 1. The maximum absolute atomic E-state index is 11.3. The Morgan fingerprint density at radius 3 is 2.57 bits per heavy atom. The fraction of sp³-hybridized carbons (Fsp3) is 0.500. The zero-order valence-electron chi connectivity index (χ0n) is 8.86. The first-order chi connectivity index (χ1) is 6.74. The van der Waals surface area contributed by atoms with E-state index >= 15 is 0 Å². The van der Waals surface area contributed by atoms with Gasteiger partial charge in [0.25, 0.3) is 0 Å². The summed E-state index contributed by atoms with van der Waals surface area (Å²) in [4.78, 5) is 15.3. The van der Waals surface area contributed by atoms with Gasteiger partial charge in [0.1, 0.15) is 5.78 Å². The molecule has 1 aromatic heterocycles. The van der Waals surface area contributed by atoms with Crippen LogP contribution in [0.4, 0.5) is 0 Å². The topological polar surface area (TPSA) is 30.0 Å². The second-order valence-electron chi connectivity index (χ2n) is 3.66. The average Bonchev–Trinajstić information content (AvgIpc) is 2.18. The second kappa shape index (κ2) is 5.53. The molecule has 0 aliphatic carbocycles. The number of ketones is 1. The Morgan fingerprint density at radius 2 is 2.07 bits per heavy atom. The zero-order valence-corrected chi connectivity index (χ0v) is 8.86. The van der Waals surface area contributed by atoms with Crippen molar-refractivity contribution >= 4 is 5.78 Å². The molecule has 0 aliphatic heterocycles. The molecule has 0 fully saturated rings. The molecular weight excluding hydrogens is 174 g/mol. The fourth-order valence-corrected chi connectivity index (χ4v) is 1.60. The summed E-state index contributed by atoms with van der Waals surface area (Å²) in [5.74, 6) is 0.478. The fourth-order valence-electron chi connectivity index (χ4n) is 1.60. The van der Waals surface area contributed by atoms with Crippen LogP contribution in [-0.2, 0) is 11.2 Å². The van der Waals surface area contributed by atoms with Crippen LogP contribution in [0.3, 0.4) is 0 Å². The number of rotatable bonds is 5. The van der Waals surface area contributed by atoms with Crippen molar-refractivity contribution in [1.29, 1.82) is 0 Å². The molecule has 1 heterocycles. The highest BCUT2D eigenvalue weighted by atomic mass is 16.1. The summed E-state index contributed by atoms with van der Waals surface area (Å²) in [5, 5.41) is 0. The molecular formula is C12H17NO. The molecule has 0 saturated heterocycles. The standard InChI is InChI=1S/C12H17NO/c1-3-4-12(10(2)14)9-11-5-7-13-8-6-11/h5-8,12H,3-4,9H2,1-2H3. The van der Waals surface area contributed by atoms with Crippen molar-refractivity contribution in [2.75, 3.05) is 0 Å². The summed E-state index contributed by atoms with van der Waals surface area (Å²) in [6.07, 6.45) is 6.45. The van der Waals surface area contributed by atoms with Gasteiger partial charge in [0.05, 0.1) is 0 Å². The molecule has 0 aliphatic rings. The van der Waals surface area contributed by atoms with E-state index in [9.17, 15) is 4.79 Å². The second-order valence-corrected chi connectivity index (χ2v) is 3.66. The predicted molar refractivity (Wildman–Crippen MR) is 57.0 cm³/mol. The van der Waals surface area contributed by atoms with Gasteiger partial charge in [-0.3, -0.25) is 9.78 Å². The summed E-state index contributed by atoms with van der Waals surface area (Å²) in [5.41, 5.74) is 1.20. The molecule has 1 aromatic rings. The summed E-state index contributed by atoms with van der Waals surface area (Å²) in [6.45, 7) is 3.80. The van der Waals surface area contributed by atoms with Crippen molar-refractivity contribution in [2.45, 2.75) is 33.1 Å². The van der Waals surface area contributed by atoms with E-state index < -0.39 is 0 Å². The Hall–Kier alpha value is -1.18. The third-order valence-corrected chi connectivity index (χ3v) is 2.44. The highest BCUT2D eigenvalue weighted by Crippen LogP contribution is 2.14. The summed E-state index contributed by atoms with van der Waals surface area (Å²) < 4.78 is 0. The Labute approximate surface area is 85.4 Å². The Bertz CT molecular complexity index is 282. The lowest BCUT2D eigenvalue weighted by atomic mass is 9.92. The normalized spacial score (nSPS) is 12.4. The molecule has 0 amide bonds. The smallest absolute Gasteiger partial charge is 0.133 e. The number of carbonyl (C=O) groups excluding carboxylic acids is 1. The Morgan fingerprint density at radius 1 is 1.43 bits per heavy atom. The van der Waals surface area contributed by atoms with E-state index in [0.717, 1.165) is 19.3 Å². The first kappa shape index (κ1) is 10.9. The summed E-state index contributed by atoms with van der Waals surface area (Å²) in [6, 6.07) is 3.96. The molecule has 76 valence electrons. The molecule has 0 radical (unpaired) electrons. The number of pyridine rings is 1. The van der Waals surface area contributed by atoms with Gasteiger partial charge in [-0.1, -0.05) is 13.3 Å². The third-order valence-electron chi connectivity index (χ3n) is 2.44. The largest absolute Gasteiger partial charge is 0.300 e. The number of Topliss-reactive ketones (excluding diaryl/α,β-unsaturated/α-hetero) is 1. The van der Waals surface area contributed by atoms with E-state index in [1.54, 1.807) is 19.3 Å². The highest BCUT2D eigenvalue weighted by molar-refractivity contribution is 5.78. The van der Waals surface area contributed by atoms with E-state index in [4.69, 9.17) is 0 Å². The van der Waals surface area contributed by atoms with Crippen molar-refractivity contribution in [3.63, 3.8) is 0 Å². The van der Waals surface area contributed by atoms with Crippen LogP contribution in [0.5, 0.6) is 0 Å². The lowest BCUT2D eigenvalue weighted by molar-refractivity contribution is -0.120. The molecule has 2 nitrogen and oxygen atoms in total. The SMILES string of the molecule is CCCC(Cc1ccncc1)C(C)=O. The average molecular weight is 191 g/mol. The van der Waals surface area contributed by atoms with Gasteiger partial charge in [-0.25, -0.2) is 0 Å². The number of hydrogen-bond donors (Lipinski definition) is 0. The predicted octanol–water partition coefficient (Wildman–Crippen LogP) is 2.63. The lowest BCUT2D eigenvalue weighted by Crippen LogP contribution is -2.13. The van der Waals surface area contributed by atoms with Crippen LogP contribution in [0.2, 0.25) is 0 Å². The molecule has 0 N–H and O–H groups in total. The van der Waals surface area contributed by atoms with Crippen LogP contribution in [0.25, 0.3) is 0 Å². The van der Waals surface area contributed by atoms with Crippen molar-refractivity contribution in [1.82, 2.24) is 4.98 Å². The number of aromatic nitrogens is 1. The van der Waals surface area contributed by atoms with E-state index in [0.29, 0.717) is 5.78 Å². The van der Waals surface area contributed by atoms with Crippen LogP contribution in [0.1, 0.15) is 32.3 Å². The summed E-state index contributed by atoms with van der Waals surface area (Å²) in [7, 11) is 0. The van der Waals surface area contributed by atoms with Crippen LogP contribution >= 0.6 is 0 Å². The van der Waals surface area contributed by atoms with Gasteiger partial charge in [-0.05, 0) is 37.5 Å². The number of hydrogen-bond acceptors (Lipinski definition) is 2. The van der Waals surface area contributed by atoms with Crippen LogP contribution in [-0.4, -0.2) is 10.8 Å². The van der Waals surface area contributed by atoms with E-state index in [1.165, 1.54) is 5.56 Å². The molecule has 0 aromatic carbocycles. The quantitative estimate of drug-likeness (QED) is 0.716. The van der Waals surface area contributed by atoms with Crippen LogP contribution < -0.4 is 0 Å². The van der Waals surface area contributed by atoms with Crippen molar-refractivity contribution in [3.05, 3.63) is 30.1 Å². The molecule has 0 bridgehead atoms. The van der Waals surface area contributed by atoms with Crippen LogP contribution in [0, 0.1) is 5.92 Å². The molecule has 1 unspecified atom stereocenters. The minimum Gasteiger partial charge on any atom is -0.300 e. The lowest BCUT2D eigenvalue weighted by Gasteiger charge is -2.11. The maximum Gasteiger partial charge on any atom is 0.133 e. The molecule has 1 atom stereocenters. The van der Waals surface area contributed by atoms with Gasteiger partial charge in [0.15, 0.2) is 0 Å². The zero-order chi connectivity index (χ0) is 10.4. The molecule has 14 heavy (non-hydrogen) atoms. The van der Waals surface area contributed by atoms with Gasteiger partial charge in [-0.15, -0.1) is 0 Å². The van der Waals surface area contributed by atoms with E-state index in [1.807, 2.05) is 12.1 Å². The third kappa shape index (κ3) is 3.29. The molecule has 0 spiro atoms. The first-order valence-corrected chi connectivity index (χ1v) is 5.13. The van der Waals surface area contributed by atoms with Gasteiger partial charge in [0.2, 0.25) is 0 Å². The van der Waals surface area contributed by atoms with E-state index in [-0.39, 0.29) is 5.92 Å². The molecule has 2 heteroatoms. The Balaban J connectivity index is 2.60. The van der Waals surface area contributed by atoms with Crippen LogP contribution in [0.15, 0.2) is 24.5 Å². The van der Waals surface area contributed by atoms with Gasteiger partial charge >= 0.3 is 0 Å². The summed E-state index contributed by atoms with van der Waals surface area (Å²) >= 11 is 0. The molecule has 1 rings (SSSR count). The van der Waals surface area contributed by atoms with E-state index in [2.05, 4.69) is 11.9 Å². The Kier molecular flexibility index (Phi) is 4.30.